The largest absolute Gasteiger partial charge is 0.322 e. The van der Waals surface area contributed by atoms with Gasteiger partial charge in [-0.1, -0.05) is 6.07 Å². The number of hydrogen-bond acceptors (Lipinski definition) is 3. The predicted molar refractivity (Wildman–Crippen MR) is 88.7 cm³/mol. The Morgan fingerprint density at radius 3 is 2.38 bits per heavy atom. The number of amides is 1. The average Bonchev–Trinajstić information content (AvgIpc) is 2.49. The van der Waals surface area contributed by atoms with E-state index in [0.717, 1.165) is 22.7 Å². The van der Waals surface area contributed by atoms with Crippen LogP contribution in [0.15, 0.2) is 36.4 Å². The van der Waals surface area contributed by atoms with E-state index >= 15 is 0 Å². The Morgan fingerprint density at radius 2 is 1.79 bits per heavy atom. The molecule has 2 aromatic carbocycles. The second-order valence-electron chi connectivity index (χ2n) is 5.26. The minimum absolute atomic E-state index is 0.0974. The third-order valence-electron chi connectivity index (χ3n) is 3.56. The molecule has 0 aliphatic rings. The average molecular weight is 354 g/mol. The molecule has 0 spiro atoms. The summed E-state index contributed by atoms with van der Waals surface area (Å²) in [6.45, 7) is 1.61. The zero-order valence-corrected chi connectivity index (χ0v) is 14.1. The molecule has 0 unspecified atom stereocenters. The van der Waals surface area contributed by atoms with Crippen molar-refractivity contribution in [2.45, 2.75) is 6.92 Å². The highest BCUT2D eigenvalue weighted by Crippen LogP contribution is 2.25. The number of anilines is 2. The lowest BCUT2D eigenvalue weighted by Gasteiger charge is -2.20. The number of sulfonamides is 1. The Morgan fingerprint density at radius 1 is 1.12 bits per heavy atom. The standard InChI is InChI=1S/C16H16F2N2O3S/c1-10-12(5-4-6-15(10)20(2)24(3,22)23)16(21)19-11-7-8-13(17)14(18)9-11/h4-9H,1-3H3,(H,19,21). The summed E-state index contributed by atoms with van der Waals surface area (Å²) in [6, 6.07) is 7.65. The Kier molecular flexibility index (Phi) is 4.88. The zero-order chi connectivity index (χ0) is 18.1. The molecule has 0 heterocycles. The van der Waals surface area contributed by atoms with Crippen molar-refractivity contribution in [2.75, 3.05) is 22.9 Å². The van der Waals surface area contributed by atoms with Gasteiger partial charge in [-0.2, -0.15) is 0 Å². The van der Waals surface area contributed by atoms with Crippen molar-refractivity contribution >= 4 is 27.3 Å². The maximum absolute atomic E-state index is 13.2. The molecule has 2 aromatic rings. The van der Waals surface area contributed by atoms with Crippen LogP contribution in [0.5, 0.6) is 0 Å². The van der Waals surface area contributed by atoms with Gasteiger partial charge in [0, 0.05) is 24.4 Å². The first kappa shape index (κ1) is 17.9. The second kappa shape index (κ2) is 6.56. The van der Waals surface area contributed by atoms with Crippen molar-refractivity contribution < 1.29 is 22.0 Å². The van der Waals surface area contributed by atoms with Gasteiger partial charge in [0.1, 0.15) is 0 Å². The van der Waals surface area contributed by atoms with E-state index in [9.17, 15) is 22.0 Å². The van der Waals surface area contributed by atoms with E-state index in [1.165, 1.54) is 19.2 Å². The Labute approximate surface area is 139 Å². The van der Waals surface area contributed by atoms with Crippen LogP contribution in [-0.2, 0) is 10.0 Å². The lowest BCUT2D eigenvalue weighted by atomic mass is 10.1. The van der Waals surface area contributed by atoms with Crippen LogP contribution in [0.3, 0.4) is 0 Å². The molecule has 8 heteroatoms. The normalized spacial score (nSPS) is 11.2. The SMILES string of the molecule is Cc1c(C(=O)Nc2ccc(F)c(F)c2)cccc1N(C)S(C)(=O)=O. The monoisotopic (exact) mass is 354 g/mol. The number of carbonyl (C=O) groups excluding carboxylic acids is 1. The number of rotatable bonds is 4. The summed E-state index contributed by atoms with van der Waals surface area (Å²) in [4.78, 5) is 12.4. The molecule has 0 saturated carbocycles. The Balaban J connectivity index is 2.35. The molecular weight excluding hydrogens is 338 g/mol. The number of nitrogens with zero attached hydrogens (tertiary/aromatic N) is 1. The van der Waals surface area contributed by atoms with Crippen molar-refractivity contribution in [3.8, 4) is 0 Å². The van der Waals surface area contributed by atoms with Crippen molar-refractivity contribution in [1.82, 2.24) is 0 Å². The third-order valence-corrected chi connectivity index (χ3v) is 4.76. The van der Waals surface area contributed by atoms with E-state index in [1.54, 1.807) is 19.1 Å². The fourth-order valence-corrected chi connectivity index (χ4v) is 2.72. The van der Waals surface area contributed by atoms with Gasteiger partial charge < -0.3 is 5.32 Å². The van der Waals surface area contributed by atoms with Gasteiger partial charge in [0.05, 0.1) is 11.9 Å². The van der Waals surface area contributed by atoms with E-state index in [1.807, 2.05) is 0 Å². The second-order valence-corrected chi connectivity index (χ2v) is 7.28. The minimum Gasteiger partial charge on any atom is -0.322 e. The molecule has 0 radical (unpaired) electrons. The number of benzene rings is 2. The zero-order valence-electron chi connectivity index (χ0n) is 13.3. The van der Waals surface area contributed by atoms with E-state index in [4.69, 9.17) is 0 Å². The molecule has 0 fully saturated rings. The lowest BCUT2D eigenvalue weighted by Crippen LogP contribution is -2.26. The summed E-state index contributed by atoms with van der Waals surface area (Å²) in [6.07, 6.45) is 1.06. The highest BCUT2D eigenvalue weighted by atomic mass is 32.2. The molecule has 1 N–H and O–H groups in total. The van der Waals surface area contributed by atoms with Crippen LogP contribution < -0.4 is 9.62 Å². The molecule has 128 valence electrons. The maximum Gasteiger partial charge on any atom is 0.256 e. The molecular formula is C16H16F2N2O3S. The summed E-state index contributed by atoms with van der Waals surface area (Å²) in [7, 11) is -2.10. The van der Waals surface area contributed by atoms with Gasteiger partial charge in [-0.05, 0) is 36.8 Å². The van der Waals surface area contributed by atoms with E-state index in [2.05, 4.69) is 5.32 Å². The maximum atomic E-state index is 13.2. The molecule has 24 heavy (non-hydrogen) atoms. The van der Waals surface area contributed by atoms with Gasteiger partial charge in [0.2, 0.25) is 10.0 Å². The van der Waals surface area contributed by atoms with Gasteiger partial charge in [-0.3, -0.25) is 9.10 Å². The molecule has 0 atom stereocenters. The van der Waals surface area contributed by atoms with Crippen LogP contribution in [0.1, 0.15) is 15.9 Å². The number of hydrogen-bond donors (Lipinski definition) is 1. The predicted octanol–water partition coefficient (Wildman–Crippen LogP) is 2.92. The van der Waals surface area contributed by atoms with Crippen LogP contribution in [0.2, 0.25) is 0 Å². The van der Waals surface area contributed by atoms with Gasteiger partial charge in [0.25, 0.3) is 5.91 Å². The van der Waals surface area contributed by atoms with Crippen LogP contribution >= 0.6 is 0 Å². The molecule has 1 amide bonds. The van der Waals surface area contributed by atoms with Gasteiger partial charge in [-0.15, -0.1) is 0 Å². The summed E-state index contributed by atoms with van der Waals surface area (Å²) in [5.41, 5.74) is 1.13. The van der Waals surface area contributed by atoms with Gasteiger partial charge in [-0.25, -0.2) is 17.2 Å². The van der Waals surface area contributed by atoms with Crippen molar-refractivity contribution in [1.29, 1.82) is 0 Å². The van der Waals surface area contributed by atoms with Crippen molar-refractivity contribution in [3.05, 3.63) is 59.2 Å². The van der Waals surface area contributed by atoms with Crippen LogP contribution in [-0.4, -0.2) is 27.6 Å². The first-order valence-corrected chi connectivity index (χ1v) is 8.76. The van der Waals surface area contributed by atoms with E-state index in [0.29, 0.717) is 11.3 Å². The third kappa shape index (κ3) is 3.70. The van der Waals surface area contributed by atoms with Crippen LogP contribution in [0.4, 0.5) is 20.2 Å². The molecule has 0 bridgehead atoms. The number of halogens is 2. The lowest BCUT2D eigenvalue weighted by molar-refractivity contribution is 0.102. The Bertz CT molecular complexity index is 898. The Hall–Kier alpha value is -2.48. The number of carbonyl (C=O) groups is 1. The van der Waals surface area contributed by atoms with E-state index in [-0.39, 0.29) is 11.3 Å². The van der Waals surface area contributed by atoms with E-state index < -0.39 is 27.6 Å². The fourth-order valence-electron chi connectivity index (χ4n) is 2.16. The minimum atomic E-state index is -3.48. The van der Waals surface area contributed by atoms with Crippen molar-refractivity contribution in [3.63, 3.8) is 0 Å². The van der Waals surface area contributed by atoms with Gasteiger partial charge >= 0.3 is 0 Å². The first-order valence-electron chi connectivity index (χ1n) is 6.91. The van der Waals surface area contributed by atoms with Crippen LogP contribution in [0.25, 0.3) is 0 Å². The summed E-state index contributed by atoms with van der Waals surface area (Å²) in [5.74, 6) is -2.64. The molecule has 0 aliphatic carbocycles. The topological polar surface area (TPSA) is 66.5 Å². The summed E-state index contributed by atoms with van der Waals surface area (Å²) < 4.78 is 50.6. The molecule has 0 aliphatic heterocycles. The molecule has 0 aromatic heterocycles. The van der Waals surface area contributed by atoms with Crippen molar-refractivity contribution in [2.24, 2.45) is 0 Å². The highest BCUT2D eigenvalue weighted by Gasteiger charge is 2.18. The molecule has 0 saturated heterocycles. The summed E-state index contributed by atoms with van der Waals surface area (Å²) in [5, 5.41) is 2.46. The molecule has 2 rings (SSSR count). The summed E-state index contributed by atoms with van der Waals surface area (Å²) >= 11 is 0. The highest BCUT2D eigenvalue weighted by molar-refractivity contribution is 7.92. The quantitative estimate of drug-likeness (QED) is 0.918. The molecule has 5 nitrogen and oxygen atoms in total. The first-order chi connectivity index (χ1) is 11.1. The number of nitrogens with one attached hydrogen (secondary N) is 1. The van der Waals surface area contributed by atoms with Crippen LogP contribution in [0, 0.1) is 18.6 Å². The smallest absolute Gasteiger partial charge is 0.256 e. The fraction of sp³-hybridized carbons (Fsp3) is 0.188. The van der Waals surface area contributed by atoms with Gasteiger partial charge in [0.15, 0.2) is 11.6 Å².